The van der Waals surface area contributed by atoms with E-state index < -0.39 is 0 Å². The van der Waals surface area contributed by atoms with Crippen LogP contribution >= 0.6 is 0 Å². The number of aromatic nitrogens is 2. The van der Waals surface area contributed by atoms with Gasteiger partial charge >= 0.3 is 0 Å². The summed E-state index contributed by atoms with van der Waals surface area (Å²) in [6, 6.07) is 11.0. The maximum atomic E-state index is 13.1. The molecule has 7 nitrogen and oxygen atoms in total. The maximum absolute atomic E-state index is 13.1. The molecule has 0 aromatic carbocycles. The maximum Gasteiger partial charge on any atom is 0.271 e. The highest BCUT2D eigenvalue weighted by Gasteiger charge is 2.46. The molecule has 5 heterocycles. The summed E-state index contributed by atoms with van der Waals surface area (Å²) in [6.45, 7) is 1.48. The third kappa shape index (κ3) is 2.54. The second kappa shape index (κ2) is 6.12. The predicted molar refractivity (Wildman–Crippen MR) is 96.0 cm³/mol. The monoisotopic (exact) mass is 362 g/mol. The van der Waals surface area contributed by atoms with E-state index in [1.807, 2.05) is 46.0 Å². The van der Waals surface area contributed by atoms with E-state index in [0.717, 1.165) is 5.69 Å². The Morgan fingerprint density at radius 2 is 2.04 bits per heavy atom. The minimum atomic E-state index is -0.0877. The molecule has 0 spiro atoms. The minimum Gasteiger partial charge on any atom is -0.472 e. The lowest BCUT2D eigenvalue weighted by Crippen LogP contribution is -2.50. The van der Waals surface area contributed by atoms with Gasteiger partial charge in [0.15, 0.2) is 0 Å². The van der Waals surface area contributed by atoms with Gasteiger partial charge in [0, 0.05) is 25.5 Å². The van der Waals surface area contributed by atoms with Crippen LogP contribution in [-0.2, 0) is 6.54 Å². The summed E-state index contributed by atoms with van der Waals surface area (Å²) >= 11 is 0. The van der Waals surface area contributed by atoms with Gasteiger partial charge in [0.2, 0.25) is 0 Å². The number of hydrogen-bond acceptors (Lipinski definition) is 4. The fourth-order valence-electron chi connectivity index (χ4n) is 4.10. The van der Waals surface area contributed by atoms with Crippen molar-refractivity contribution in [2.24, 2.45) is 0 Å². The number of hydrogen-bond donors (Lipinski definition) is 0. The lowest BCUT2D eigenvalue weighted by molar-refractivity contribution is 0.0547. The minimum absolute atomic E-state index is 0.0236. The summed E-state index contributed by atoms with van der Waals surface area (Å²) in [5.41, 5.74) is 2.03. The van der Waals surface area contributed by atoms with Crippen LogP contribution in [0.2, 0.25) is 0 Å². The Balaban J connectivity index is 1.48. The smallest absolute Gasteiger partial charge is 0.271 e. The number of pyridine rings is 1. The molecular formula is C20H18N4O3. The van der Waals surface area contributed by atoms with E-state index >= 15 is 0 Å². The van der Waals surface area contributed by atoms with Gasteiger partial charge in [-0.2, -0.15) is 0 Å². The molecule has 7 heteroatoms. The number of amides is 2. The van der Waals surface area contributed by atoms with E-state index in [2.05, 4.69) is 4.98 Å². The first kappa shape index (κ1) is 15.9. The lowest BCUT2D eigenvalue weighted by atomic mass is 10.1. The van der Waals surface area contributed by atoms with E-state index in [1.165, 1.54) is 12.5 Å². The zero-order chi connectivity index (χ0) is 18.4. The molecule has 2 atom stereocenters. The second-order valence-electron chi connectivity index (χ2n) is 6.91. The van der Waals surface area contributed by atoms with Crippen LogP contribution in [0.3, 0.4) is 0 Å². The quantitative estimate of drug-likeness (QED) is 0.716. The van der Waals surface area contributed by atoms with Gasteiger partial charge in [-0.05, 0) is 30.3 Å². The fourth-order valence-corrected chi connectivity index (χ4v) is 4.10. The largest absolute Gasteiger partial charge is 0.472 e. The van der Waals surface area contributed by atoms with Crippen molar-refractivity contribution in [1.82, 2.24) is 19.4 Å². The zero-order valence-electron chi connectivity index (χ0n) is 14.6. The molecule has 0 saturated carbocycles. The van der Waals surface area contributed by atoms with Crippen LogP contribution in [0.1, 0.15) is 32.6 Å². The number of nitrogens with zero attached hydrogens (tertiary/aromatic N) is 4. The Morgan fingerprint density at radius 3 is 2.81 bits per heavy atom. The standard InChI is InChI=1S/C20H18N4O3/c25-19(14-6-9-27-13-14)22-11-17-18(12-22)24(10-15-4-1-2-7-21-15)20(26)16-5-3-8-23(16)17/h1-9,13,17-18H,10-12H2/t17-,18-/m1/s1. The third-order valence-corrected chi connectivity index (χ3v) is 5.39. The van der Waals surface area contributed by atoms with Gasteiger partial charge in [-0.15, -0.1) is 0 Å². The van der Waals surface area contributed by atoms with Gasteiger partial charge in [-0.1, -0.05) is 6.07 Å². The van der Waals surface area contributed by atoms with Crippen LogP contribution in [0, 0.1) is 0 Å². The van der Waals surface area contributed by atoms with Crippen molar-refractivity contribution in [2.75, 3.05) is 13.1 Å². The first-order valence-corrected chi connectivity index (χ1v) is 8.91. The summed E-state index contributed by atoms with van der Waals surface area (Å²) in [6.07, 6.45) is 6.61. The number of likely N-dealkylation sites (tertiary alicyclic amines) is 1. The van der Waals surface area contributed by atoms with Gasteiger partial charge in [0.25, 0.3) is 11.8 Å². The normalized spacial score (nSPS) is 21.3. The van der Waals surface area contributed by atoms with Gasteiger partial charge < -0.3 is 18.8 Å². The van der Waals surface area contributed by atoms with E-state index in [0.29, 0.717) is 30.9 Å². The van der Waals surface area contributed by atoms with Crippen LogP contribution in [0.15, 0.2) is 65.7 Å². The first-order valence-electron chi connectivity index (χ1n) is 8.91. The molecule has 1 saturated heterocycles. The van der Waals surface area contributed by atoms with Crippen LogP contribution in [0.25, 0.3) is 0 Å². The Kier molecular flexibility index (Phi) is 3.60. The zero-order valence-corrected chi connectivity index (χ0v) is 14.6. The average molecular weight is 362 g/mol. The summed E-state index contributed by atoms with van der Waals surface area (Å²) in [5, 5.41) is 0. The number of furan rings is 1. The highest BCUT2D eigenvalue weighted by Crippen LogP contribution is 2.35. The molecule has 5 rings (SSSR count). The van der Waals surface area contributed by atoms with Crippen molar-refractivity contribution in [1.29, 1.82) is 0 Å². The number of rotatable bonds is 3. The lowest BCUT2D eigenvalue weighted by Gasteiger charge is -2.37. The second-order valence-corrected chi connectivity index (χ2v) is 6.91. The first-order chi connectivity index (χ1) is 13.2. The molecule has 3 aromatic rings. The van der Waals surface area contributed by atoms with E-state index in [-0.39, 0.29) is 23.9 Å². The Hall–Kier alpha value is -3.35. The van der Waals surface area contributed by atoms with Gasteiger partial charge in [0.05, 0.1) is 36.1 Å². The van der Waals surface area contributed by atoms with Gasteiger partial charge in [-0.3, -0.25) is 14.6 Å². The van der Waals surface area contributed by atoms with E-state index in [1.54, 1.807) is 17.2 Å². The molecule has 2 amide bonds. The van der Waals surface area contributed by atoms with Crippen molar-refractivity contribution < 1.29 is 14.0 Å². The highest BCUT2D eigenvalue weighted by atomic mass is 16.3. The van der Waals surface area contributed by atoms with E-state index in [9.17, 15) is 9.59 Å². The topological polar surface area (TPSA) is 71.6 Å². The summed E-state index contributed by atoms with van der Waals surface area (Å²) in [7, 11) is 0. The molecule has 27 heavy (non-hydrogen) atoms. The highest BCUT2D eigenvalue weighted by molar-refractivity contribution is 5.96. The Morgan fingerprint density at radius 1 is 1.15 bits per heavy atom. The average Bonchev–Trinajstić information content (AvgIpc) is 3.45. The number of carbonyl (C=O) groups is 2. The van der Waals surface area contributed by atoms with Crippen molar-refractivity contribution in [3.63, 3.8) is 0 Å². The van der Waals surface area contributed by atoms with Crippen molar-refractivity contribution in [2.45, 2.75) is 18.6 Å². The van der Waals surface area contributed by atoms with Crippen molar-refractivity contribution >= 4 is 11.8 Å². The third-order valence-electron chi connectivity index (χ3n) is 5.39. The summed E-state index contributed by atoms with van der Waals surface area (Å²) in [4.78, 5) is 33.9. The molecule has 2 aliphatic rings. The number of carbonyl (C=O) groups excluding carboxylic acids is 2. The number of fused-ring (bicyclic) bond motifs is 3. The molecule has 1 fully saturated rings. The Labute approximate surface area is 155 Å². The molecule has 0 bridgehead atoms. The van der Waals surface area contributed by atoms with Crippen LogP contribution in [-0.4, -0.2) is 50.3 Å². The predicted octanol–water partition coefficient (Wildman–Crippen LogP) is 2.20. The van der Waals surface area contributed by atoms with Crippen molar-refractivity contribution in [3.05, 3.63) is 78.3 Å². The Bertz CT molecular complexity index is 980. The molecule has 0 unspecified atom stereocenters. The van der Waals surface area contributed by atoms with Crippen LogP contribution < -0.4 is 0 Å². The molecule has 0 aliphatic carbocycles. The summed E-state index contributed by atoms with van der Waals surface area (Å²) in [5.74, 6) is -0.0957. The summed E-state index contributed by atoms with van der Waals surface area (Å²) < 4.78 is 7.05. The van der Waals surface area contributed by atoms with Crippen molar-refractivity contribution in [3.8, 4) is 0 Å². The van der Waals surface area contributed by atoms with E-state index in [4.69, 9.17) is 4.42 Å². The SMILES string of the molecule is O=C(c1ccoc1)N1C[C@@H]2[C@@H](C1)n1cccc1C(=O)N2Cc1ccccn1. The molecular weight excluding hydrogens is 344 g/mol. The molecule has 0 N–H and O–H groups in total. The molecule has 0 radical (unpaired) electrons. The fraction of sp³-hybridized carbons (Fsp3) is 0.250. The molecule has 2 aliphatic heterocycles. The van der Waals surface area contributed by atoms with Crippen LogP contribution in [0.5, 0.6) is 0 Å². The van der Waals surface area contributed by atoms with Gasteiger partial charge in [-0.25, -0.2) is 0 Å². The van der Waals surface area contributed by atoms with Crippen LogP contribution in [0.4, 0.5) is 0 Å². The van der Waals surface area contributed by atoms with Gasteiger partial charge in [0.1, 0.15) is 12.0 Å². The molecule has 136 valence electrons. The molecule has 3 aromatic heterocycles.